The monoisotopic (exact) mass is 615 g/mol. The second-order valence-electron chi connectivity index (χ2n) is 12.1. The summed E-state index contributed by atoms with van der Waals surface area (Å²) < 4.78 is 4.67. The van der Waals surface area contributed by atoms with Crippen molar-refractivity contribution in [2.75, 3.05) is 31.2 Å². The Bertz CT molecular complexity index is 1450. The quantitative estimate of drug-likeness (QED) is 0.424. The maximum Gasteiger partial charge on any atom is 0.247 e. The van der Waals surface area contributed by atoms with Crippen LogP contribution in [0.5, 0.6) is 5.75 Å². The zero-order valence-corrected chi connectivity index (χ0v) is 26.4. The zero-order valence-electron chi connectivity index (χ0n) is 25.5. The molecule has 1 N–H and O–H groups in total. The van der Waals surface area contributed by atoms with Crippen LogP contribution >= 0.6 is 11.8 Å². The van der Waals surface area contributed by atoms with Crippen molar-refractivity contribution >= 4 is 35.2 Å². The maximum atomic E-state index is 14.7. The number of nitrogens with zero attached hydrogens (tertiary/aromatic N) is 3. The van der Waals surface area contributed by atoms with Crippen LogP contribution in [-0.4, -0.2) is 81.0 Å². The summed E-state index contributed by atoms with van der Waals surface area (Å²) in [4.78, 5) is 49.1. The van der Waals surface area contributed by atoms with Crippen LogP contribution < -0.4 is 9.64 Å². The van der Waals surface area contributed by atoms with Crippen molar-refractivity contribution in [2.45, 2.75) is 55.8 Å². The lowest BCUT2D eigenvalue weighted by atomic mass is 9.78. The SMILES string of the molecule is CCOc1ccc(N2CC=C[C@H]3S[C@]45C=CCN(Cc6ccccc6)C(=O)C4N([C@@H](CO)[C@@H](C)CC)C(=O)[C@@H]5[C@H]3C2=O)cc1. The first-order valence-corrected chi connectivity index (χ1v) is 16.5. The predicted molar refractivity (Wildman–Crippen MR) is 172 cm³/mol. The number of aliphatic hydroxyl groups excluding tert-OH is 1. The van der Waals surface area contributed by atoms with Crippen LogP contribution in [0.3, 0.4) is 0 Å². The van der Waals surface area contributed by atoms with Gasteiger partial charge in [-0.05, 0) is 42.7 Å². The normalized spacial score (nSPS) is 29.2. The van der Waals surface area contributed by atoms with Gasteiger partial charge in [0.05, 0.1) is 35.8 Å². The molecule has 0 saturated carbocycles. The first-order chi connectivity index (χ1) is 21.3. The van der Waals surface area contributed by atoms with Crippen LogP contribution in [0.4, 0.5) is 5.69 Å². The van der Waals surface area contributed by atoms with Crippen LogP contribution in [0, 0.1) is 17.8 Å². The van der Waals surface area contributed by atoms with E-state index in [-0.39, 0.29) is 35.5 Å². The van der Waals surface area contributed by atoms with Gasteiger partial charge in [-0.2, -0.15) is 0 Å². The largest absolute Gasteiger partial charge is 0.494 e. The maximum absolute atomic E-state index is 14.7. The fraction of sp³-hybridized carbons (Fsp3) is 0.457. The van der Waals surface area contributed by atoms with Gasteiger partial charge in [-0.15, -0.1) is 11.8 Å². The number of benzene rings is 2. The van der Waals surface area contributed by atoms with E-state index in [0.29, 0.717) is 26.2 Å². The van der Waals surface area contributed by atoms with Crippen molar-refractivity contribution in [2.24, 2.45) is 17.8 Å². The van der Waals surface area contributed by atoms with Crippen LogP contribution in [-0.2, 0) is 20.9 Å². The Kier molecular flexibility index (Phi) is 8.61. The van der Waals surface area contributed by atoms with Gasteiger partial charge in [-0.1, -0.05) is 74.9 Å². The lowest BCUT2D eigenvalue weighted by Gasteiger charge is -2.40. The van der Waals surface area contributed by atoms with Crippen molar-refractivity contribution < 1.29 is 24.2 Å². The Labute approximate surface area is 263 Å². The fourth-order valence-electron chi connectivity index (χ4n) is 7.36. The highest BCUT2D eigenvalue weighted by Crippen LogP contribution is 2.61. The summed E-state index contributed by atoms with van der Waals surface area (Å²) in [5, 5.41) is 10.4. The van der Waals surface area contributed by atoms with E-state index < -0.39 is 28.7 Å². The molecule has 4 aliphatic heterocycles. The first kappa shape index (κ1) is 30.5. The molecular weight excluding hydrogens is 574 g/mol. The Balaban J connectivity index is 1.41. The van der Waals surface area contributed by atoms with Crippen molar-refractivity contribution in [3.8, 4) is 5.75 Å². The summed E-state index contributed by atoms with van der Waals surface area (Å²) in [6.07, 6.45) is 8.82. The standard InChI is InChI=1S/C35H41N3O5S/c1-4-23(3)27(22-39)38-31-34(42)36(21-24-11-7-6-8-12-24)19-10-18-35(31)30(33(38)41)29-28(44-35)13-9-20-37(32(29)40)25-14-16-26(17-15-25)43-5-2/h6-18,23,27-31,39H,4-5,19-22H2,1-3H3/t23-,27-,28+,29-,30-,31?,35-/m0/s1. The molecule has 0 aromatic heterocycles. The number of likely N-dealkylation sites (tertiary alicyclic amines) is 1. The Hall–Kier alpha value is -3.56. The number of ether oxygens (including phenoxy) is 1. The molecule has 1 spiro atoms. The summed E-state index contributed by atoms with van der Waals surface area (Å²) in [6.45, 7) is 7.49. The molecule has 3 amide bonds. The van der Waals surface area contributed by atoms with Crippen molar-refractivity contribution in [3.05, 3.63) is 84.5 Å². The minimum absolute atomic E-state index is 0.0340. The third kappa shape index (κ3) is 5.04. The van der Waals surface area contributed by atoms with E-state index in [1.54, 1.807) is 26.5 Å². The smallest absolute Gasteiger partial charge is 0.247 e. The number of fused-ring (bicyclic) bond motifs is 2. The highest BCUT2D eigenvalue weighted by atomic mass is 32.2. The van der Waals surface area contributed by atoms with E-state index in [1.165, 1.54) is 0 Å². The summed E-state index contributed by atoms with van der Waals surface area (Å²) in [7, 11) is 0. The third-order valence-electron chi connectivity index (χ3n) is 9.70. The molecule has 4 heterocycles. The molecule has 1 unspecified atom stereocenters. The van der Waals surface area contributed by atoms with Gasteiger partial charge < -0.3 is 24.5 Å². The average Bonchev–Trinajstić information content (AvgIpc) is 3.36. The molecule has 9 heteroatoms. The highest BCUT2D eigenvalue weighted by Gasteiger charge is 2.72. The Morgan fingerprint density at radius 3 is 2.41 bits per heavy atom. The predicted octanol–water partition coefficient (Wildman–Crippen LogP) is 4.29. The number of anilines is 1. The minimum atomic E-state index is -0.933. The first-order valence-electron chi connectivity index (χ1n) is 15.7. The molecule has 2 saturated heterocycles. The molecule has 0 radical (unpaired) electrons. The summed E-state index contributed by atoms with van der Waals surface area (Å²) in [6, 6.07) is 15.9. The molecule has 0 bridgehead atoms. The van der Waals surface area contributed by atoms with E-state index in [0.717, 1.165) is 23.4 Å². The molecule has 4 aliphatic rings. The van der Waals surface area contributed by atoms with Crippen molar-refractivity contribution in [1.29, 1.82) is 0 Å². The lowest BCUT2D eigenvalue weighted by Crippen LogP contribution is -2.57. The van der Waals surface area contributed by atoms with Crippen molar-refractivity contribution in [3.63, 3.8) is 0 Å². The third-order valence-corrected chi connectivity index (χ3v) is 11.4. The zero-order chi connectivity index (χ0) is 31.0. The number of rotatable bonds is 9. The van der Waals surface area contributed by atoms with Gasteiger partial charge in [0.2, 0.25) is 17.7 Å². The molecule has 8 nitrogen and oxygen atoms in total. The van der Waals surface area contributed by atoms with Gasteiger partial charge in [-0.3, -0.25) is 14.4 Å². The summed E-state index contributed by atoms with van der Waals surface area (Å²) >= 11 is 1.57. The molecule has 2 aromatic rings. The average molecular weight is 616 g/mol. The van der Waals surface area contributed by atoms with Crippen LogP contribution in [0.2, 0.25) is 0 Å². The summed E-state index contributed by atoms with van der Waals surface area (Å²) in [5.41, 5.74) is 1.74. The van der Waals surface area contributed by atoms with E-state index >= 15 is 0 Å². The number of amides is 3. The molecule has 2 aromatic carbocycles. The molecule has 232 valence electrons. The fourth-order valence-corrected chi connectivity index (χ4v) is 9.35. The van der Waals surface area contributed by atoms with E-state index in [9.17, 15) is 19.5 Å². The molecule has 7 atom stereocenters. The van der Waals surface area contributed by atoms with E-state index in [2.05, 4.69) is 0 Å². The molecule has 2 fully saturated rings. The van der Waals surface area contributed by atoms with E-state index in [4.69, 9.17) is 4.74 Å². The minimum Gasteiger partial charge on any atom is -0.494 e. The van der Waals surface area contributed by atoms with Gasteiger partial charge in [-0.25, -0.2) is 0 Å². The van der Waals surface area contributed by atoms with Gasteiger partial charge in [0.25, 0.3) is 0 Å². The highest BCUT2D eigenvalue weighted by molar-refractivity contribution is 8.02. The number of aliphatic hydroxyl groups is 1. The Morgan fingerprint density at radius 1 is 0.977 bits per heavy atom. The number of hydrogen-bond acceptors (Lipinski definition) is 6. The van der Waals surface area contributed by atoms with Crippen LogP contribution in [0.15, 0.2) is 78.9 Å². The number of carbonyl (C=O) groups is 3. The molecular formula is C35H41N3O5S. The van der Waals surface area contributed by atoms with E-state index in [1.807, 2.05) is 99.7 Å². The van der Waals surface area contributed by atoms with Gasteiger partial charge in [0, 0.05) is 30.6 Å². The number of thioether (sulfide) groups is 1. The second kappa shape index (κ2) is 12.4. The van der Waals surface area contributed by atoms with Gasteiger partial charge in [0.15, 0.2) is 0 Å². The van der Waals surface area contributed by atoms with Crippen molar-refractivity contribution in [1.82, 2.24) is 9.80 Å². The molecule has 44 heavy (non-hydrogen) atoms. The number of hydrogen-bond donors (Lipinski definition) is 1. The van der Waals surface area contributed by atoms with Gasteiger partial charge in [0.1, 0.15) is 11.8 Å². The summed E-state index contributed by atoms with van der Waals surface area (Å²) in [5.74, 6) is -1.17. The topological polar surface area (TPSA) is 90.4 Å². The lowest BCUT2D eigenvalue weighted by molar-refractivity contribution is -0.147. The molecule has 6 rings (SSSR count). The second-order valence-corrected chi connectivity index (χ2v) is 13.6. The van der Waals surface area contributed by atoms with Gasteiger partial charge >= 0.3 is 0 Å². The Morgan fingerprint density at radius 2 is 1.73 bits per heavy atom. The number of carbonyl (C=O) groups excluding carboxylic acids is 3. The van der Waals surface area contributed by atoms with Crippen LogP contribution in [0.1, 0.15) is 32.8 Å². The molecule has 0 aliphatic carbocycles. The van der Waals surface area contributed by atoms with Crippen LogP contribution in [0.25, 0.3) is 0 Å².